The number of benzene rings is 2. The number of guanidine groups is 1. The van der Waals surface area contributed by atoms with Gasteiger partial charge >= 0.3 is 6.18 Å². The molecule has 3 rings (SSSR count). The number of rotatable bonds is 2. The van der Waals surface area contributed by atoms with Gasteiger partial charge in [-0.1, -0.05) is 30.3 Å². The Morgan fingerprint density at radius 2 is 1.71 bits per heavy atom. The Morgan fingerprint density at radius 3 is 2.29 bits per heavy atom. The van der Waals surface area contributed by atoms with E-state index in [4.69, 9.17) is 5.73 Å². The fraction of sp³-hybridized carbons (Fsp3) is 0.278. The van der Waals surface area contributed by atoms with Crippen LogP contribution in [-0.4, -0.2) is 24.5 Å². The molecule has 0 aromatic heterocycles. The van der Waals surface area contributed by atoms with Crippen LogP contribution in [0.4, 0.5) is 13.2 Å². The van der Waals surface area contributed by atoms with Gasteiger partial charge in [-0.2, -0.15) is 13.2 Å². The normalized spacial score (nSPS) is 21.0. The fourth-order valence-electron chi connectivity index (χ4n) is 2.98. The van der Waals surface area contributed by atoms with Gasteiger partial charge in [0.05, 0.1) is 5.56 Å². The lowest BCUT2D eigenvalue weighted by molar-refractivity contribution is -0.137. The number of nitrogens with zero attached hydrogens (tertiary/aromatic N) is 2. The highest BCUT2D eigenvalue weighted by Gasteiger charge is 2.34. The van der Waals surface area contributed by atoms with Gasteiger partial charge in [0.15, 0.2) is 5.96 Å². The van der Waals surface area contributed by atoms with Crippen molar-refractivity contribution in [3.8, 4) is 11.1 Å². The highest BCUT2D eigenvalue weighted by atomic mass is 19.4. The van der Waals surface area contributed by atoms with Crippen molar-refractivity contribution >= 4 is 5.96 Å². The first-order valence-corrected chi connectivity index (χ1v) is 7.54. The molecule has 24 heavy (non-hydrogen) atoms. The first kappa shape index (κ1) is 16.4. The molecule has 0 aliphatic carbocycles. The Kier molecular flexibility index (Phi) is 3.78. The van der Waals surface area contributed by atoms with Gasteiger partial charge in [-0.15, -0.1) is 0 Å². The Bertz CT molecular complexity index is 798. The molecule has 0 amide bonds. The first-order chi connectivity index (χ1) is 11.2. The topological polar surface area (TPSA) is 41.6 Å². The van der Waals surface area contributed by atoms with Crippen molar-refractivity contribution in [2.45, 2.75) is 18.6 Å². The number of nitrogens with two attached hydrogens (primary N) is 1. The van der Waals surface area contributed by atoms with E-state index in [1.165, 1.54) is 12.1 Å². The highest BCUT2D eigenvalue weighted by molar-refractivity contribution is 5.80. The van der Waals surface area contributed by atoms with Crippen molar-refractivity contribution in [2.24, 2.45) is 10.7 Å². The van der Waals surface area contributed by atoms with Crippen molar-refractivity contribution < 1.29 is 13.2 Å². The number of aliphatic imine (C=N–C) groups is 1. The molecule has 1 aliphatic rings. The molecular weight excluding hydrogens is 315 g/mol. The summed E-state index contributed by atoms with van der Waals surface area (Å²) in [6.07, 6.45) is -4.35. The monoisotopic (exact) mass is 333 g/mol. The predicted octanol–water partition coefficient (Wildman–Crippen LogP) is 3.85. The number of halogens is 3. The third-order valence-corrected chi connectivity index (χ3v) is 4.31. The van der Waals surface area contributed by atoms with Crippen LogP contribution in [0.15, 0.2) is 53.5 Å². The van der Waals surface area contributed by atoms with E-state index in [1.54, 1.807) is 12.1 Å². The molecule has 2 aromatic rings. The van der Waals surface area contributed by atoms with E-state index in [1.807, 2.05) is 37.1 Å². The van der Waals surface area contributed by atoms with Gasteiger partial charge in [0.25, 0.3) is 0 Å². The summed E-state index contributed by atoms with van der Waals surface area (Å²) in [5.74, 6) is 0.460. The summed E-state index contributed by atoms with van der Waals surface area (Å²) in [4.78, 5) is 6.36. The molecule has 126 valence electrons. The van der Waals surface area contributed by atoms with E-state index in [2.05, 4.69) is 4.99 Å². The molecule has 0 saturated carbocycles. The van der Waals surface area contributed by atoms with Crippen LogP contribution in [0.25, 0.3) is 11.1 Å². The van der Waals surface area contributed by atoms with E-state index in [9.17, 15) is 13.2 Å². The molecular formula is C18H18F3N3. The molecule has 1 aliphatic heterocycles. The van der Waals surface area contributed by atoms with Crippen LogP contribution in [0, 0.1) is 0 Å². The number of hydrogen-bond acceptors (Lipinski definition) is 3. The lowest BCUT2D eigenvalue weighted by Gasteiger charge is -2.23. The molecule has 1 unspecified atom stereocenters. The maximum absolute atomic E-state index is 12.9. The van der Waals surface area contributed by atoms with Crippen molar-refractivity contribution in [2.75, 3.05) is 13.6 Å². The summed E-state index contributed by atoms with van der Waals surface area (Å²) in [5.41, 5.74) is 6.87. The summed E-state index contributed by atoms with van der Waals surface area (Å²) in [6, 6.07) is 12.8. The van der Waals surface area contributed by atoms with E-state index < -0.39 is 17.3 Å². The smallest absolute Gasteiger partial charge is 0.370 e. The predicted molar refractivity (Wildman–Crippen MR) is 88.5 cm³/mol. The molecule has 0 saturated heterocycles. The second-order valence-corrected chi connectivity index (χ2v) is 6.26. The SMILES string of the molecule is CN1CC(C)(c2cccc(-c3cccc(C(F)(F)F)c3)c2)N=C1N. The first-order valence-electron chi connectivity index (χ1n) is 7.54. The summed E-state index contributed by atoms with van der Waals surface area (Å²) >= 11 is 0. The quantitative estimate of drug-likeness (QED) is 0.907. The lowest BCUT2D eigenvalue weighted by Crippen LogP contribution is -2.32. The minimum Gasteiger partial charge on any atom is -0.370 e. The maximum atomic E-state index is 12.9. The molecule has 0 bridgehead atoms. The Labute approximate surface area is 138 Å². The van der Waals surface area contributed by atoms with E-state index in [0.717, 1.165) is 17.2 Å². The Hall–Kier alpha value is -2.50. The van der Waals surface area contributed by atoms with Crippen molar-refractivity contribution in [3.05, 3.63) is 59.7 Å². The van der Waals surface area contributed by atoms with Crippen LogP contribution < -0.4 is 5.73 Å². The summed E-state index contributed by atoms with van der Waals surface area (Å²) in [6.45, 7) is 2.60. The molecule has 1 atom stereocenters. The van der Waals surface area contributed by atoms with Gasteiger partial charge in [-0.05, 0) is 41.8 Å². The van der Waals surface area contributed by atoms with Gasteiger partial charge in [0, 0.05) is 13.6 Å². The number of likely N-dealkylation sites (N-methyl/N-ethyl adjacent to an activating group) is 1. The zero-order chi connectivity index (χ0) is 17.5. The van der Waals surface area contributed by atoms with E-state index in [0.29, 0.717) is 18.1 Å². The standard InChI is InChI=1S/C18H18F3N3/c1-17(11-24(2)16(22)23-17)14-7-3-5-12(9-14)13-6-4-8-15(10-13)18(19,20)21/h3-10H,11H2,1-2H3,(H2,22,23). The number of alkyl halides is 3. The average molecular weight is 333 g/mol. The van der Waals surface area contributed by atoms with Crippen molar-refractivity contribution in [3.63, 3.8) is 0 Å². The second-order valence-electron chi connectivity index (χ2n) is 6.26. The fourth-order valence-corrected chi connectivity index (χ4v) is 2.98. The van der Waals surface area contributed by atoms with Crippen LogP contribution in [0.1, 0.15) is 18.1 Å². The van der Waals surface area contributed by atoms with E-state index >= 15 is 0 Å². The molecule has 1 heterocycles. The van der Waals surface area contributed by atoms with Gasteiger partial charge in [-0.3, -0.25) is 0 Å². The van der Waals surface area contributed by atoms with Gasteiger partial charge < -0.3 is 10.6 Å². The molecule has 0 spiro atoms. The minimum absolute atomic E-state index is 0.460. The average Bonchev–Trinajstić information content (AvgIpc) is 2.81. The lowest BCUT2D eigenvalue weighted by atomic mass is 9.90. The van der Waals surface area contributed by atoms with Gasteiger partial charge in [0.1, 0.15) is 5.54 Å². The van der Waals surface area contributed by atoms with Crippen LogP contribution in [-0.2, 0) is 11.7 Å². The largest absolute Gasteiger partial charge is 0.416 e. The third-order valence-electron chi connectivity index (χ3n) is 4.31. The zero-order valence-electron chi connectivity index (χ0n) is 13.4. The third kappa shape index (κ3) is 2.96. The molecule has 6 heteroatoms. The summed E-state index contributed by atoms with van der Waals surface area (Å²) in [7, 11) is 1.86. The minimum atomic E-state index is -4.35. The van der Waals surface area contributed by atoms with Gasteiger partial charge in [-0.25, -0.2) is 4.99 Å². The highest BCUT2D eigenvalue weighted by Crippen LogP contribution is 2.35. The Morgan fingerprint density at radius 1 is 1.08 bits per heavy atom. The van der Waals surface area contributed by atoms with Crippen molar-refractivity contribution in [1.29, 1.82) is 0 Å². The summed E-state index contributed by atoms with van der Waals surface area (Å²) < 4.78 is 38.8. The maximum Gasteiger partial charge on any atom is 0.416 e. The van der Waals surface area contributed by atoms with Crippen LogP contribution >= 0.6 is 0 Å². The molecule has 0 radical (unpaired) electrons. The van der Waals surface area contributed by atoms with Crippen molar-refractivity contribution in [1.82, 2.24) is 4.90 Å². The van der Waals surface area contributed by atoms with Gasteiger partial charge in [0.2, 0.25) is 0 Å². The molecule has 3 nitrogen and oxygen atoms in total. The number of hydrogen-bond donors (Lipinski definition) is 1. The van der Waals surface area contributed by atoms with Crippen LogP contribution in [0.3, 0.4) is 0 Å². The summed E-state index contributed by atoms with van der Waals surface area (Å²) in [5, 5.41) is 0. The second kappa shape index (κ2) is 5.54. The molecule has 2 aromatic carbocycles. The molecule has 0 fully saturated rings. The Balaban J connectivity index is 2.01. The molecule has 2 N–H and O–H groups in total. The van der Waals surface area contributed by atoms with E-state index in [-0.39, 0.29) is 0 Å². The van der Waals surface area contributed by atoms with Crippen LogP contribution in [0.5, 0.6) is 0 Å². The van der Waals surface area contributed by atoms with Crippen LogP contribution in [0.2, 0.25) is 0 Å². The zero-order valence-corrected chi connectivity index (χ0v) is 13.4.